The minimum atomic E-state index is 0.508. The van der Waals surface area contributed by atoms with Crippen molar-refractivity contribution in [3.8, 4) is 0 Å². The van der Waals surface area contributed by atoms with E-state index in [0.717, 1.165) is 38.0 Å². The van der Waals surface area contributed by atoms with Crippen LogP contribution in [0.1, 0.15) is 11.4 Å². The third-order valence-electron chi connectivity index (χ3n) is 3.33. The number of aryl methyl sites for hydroxylation is 1. The van der Waals surface area contributed by atoms with Crippen molar-refractivity contribution in [3.63, 3.8) is 0 Å². The Morgan fingerprint density at radius 2 is 1.95 bits per heavy atom. The summed E-state index contributed by atoms with van der Waals surface area (Å²) in [5.41, 5.74) is 3.77. The van der Waals surface area contributed by atoms with Gasteiger partial charge < -0.3 is 0 Å². The van der Waals surface area contributed by atoms with Crippen LogP contribution in [0.5, 0.6) is 0 Å². The normalized spacial score (nSPS) is 11.5. The number of thiazole rings is 1. The first-order chi connectivity index (χ1) is 10.7. The molecule has 0 aliphatic heterocycles. The van der Waals surface area contributed by atoms with E-state index in [4.69, 9.17) is 16.6 Å². The van der Waals surface area contributed by atoms with Crippen LogP contribution in [0.3, 0.4) is 0 Å². The van der Waals surface area contributed by atoms with Gasteiger partial charge in [0.2, 0.25) is 5.28 Å². The van der Waals surface area contributed by atoms with Crippen molar-refractivity contribution in [1.29, 1.82) is 0 Å². The third-order valence-corrected chi connectivity index (χ3v) is 5.59. The molecule has 110 valence electrons. The molecule has 0 aliphatic rings. The topological polar surface area (TPSA) is 43.1 Å². The van der Waals surface area contributed by atoms with Crippen molar-refractivity contribution in [3.05, 3.63) is 52.5 Å². The molecule has 4 rings (SSSR count). The number of rotatable bonds is 3. The zero-order chi connectivity index (χ0) is 15.1. The predicted octanol–water partition coefficient (Wildman–Crippen LogP) is 4.59. The van der Waals surface area contributed by atoms with Crippen molar-refractivity contribution >= 4 is 50.6 Å². The summed E-state index contributed by atoms with van der Waals surface area (Å²) in [7, 11) is 0. The van der Waals surface area contributed by atoms with Crippen molar-refractivity contribution < 1.29 is 0 Å². The molecule has 0 atom stereocenters. The molecule has 0 radical (unpaired) electrons. The quantitative estimate of drug-likeness (QED) is 0.509. The summed E-state index contributed by atoms with van der Waals surface area (Å²) in [5.74, 6) is 0.727. The predicted molar refractivity (Wildman–Crippen MR) is 91.9 cm³/mol. The minimum absolute atomic E-state index is 0.508. The second-order valence-electron chi connectivity index (χ2n) is 4.80. The van der Waals surface area contributed by atoms with Crippen LogP contribution in [0.15, 0.2) is 40.9 Å². The second-order valence-corrected chi connectivity index (χ2v) is 6.99. The highest BCUT2D eigenvalue weighted by Gasteiger charge is 2.13. The average molecular weight is 347 g/mol. The number of imidazole rings is 1. The third kappa shape index (κ3) is 2.37. The fourth-order valence-electron chi connectivity index (χ4n) is 2.29. The maximum Gasteiger partial charge on any atom is 0.208 e. The van der Waals surface area contributed by atoms with Gasteiger partial charge >= 0.3 is 0 Å². The molecule has 0 spiro atoms. The molecule has 1 aromatic carbocycles. The van der Waals surface area contributed by atoms with Crippen molar-refractivity contribution in [2.45, 2.75) is 17.7 Å². The van der Waals surface area contributed by atoms with Crippen LogP contribution in [0.25, 0.3) is 15.9 Å². The van der Waals surface area contributed by atoms with Crippen LogP contribution in [-0.2, 0) is 5.75 Å². The van der Waals surface area contributed by atoms with Crippen molar-refractivity contribution in [2.75, 3.05) is 0 Å². The number of para-hydroxylation sites is 2. The number of thioether (sulfide) groups is 1. The van der Waals surface area contributed by atoms with Gasteiger partial charge in [-0.3, -0.25) is 4.40 Å². The van der Waals surface area contributed by atoms with Crippen molar-refractivity contribution in [2.24, 2.45) is 0 Å². The summed E-state index contributed by atoms with van der Waals surface area (Å²) >= 11 is 9.42. The molecule has 4 aromatic rings. The summed E-state index contributed by atoms with van der Waals surface area (Å²) in [6.45, 7) is 1.99. The smallest absolute Gasteiger partial charge is 0.208 e. The molecule has 0 bridgehead atoms. The number of benzene rings is 1. The maximum atomic E-state index is 6.13. The highest BCUT2D eigenvalue weighted by molar-refractivity contribution is 7.98. The molecule has 0 fully saturated rings. The molecule has 0 unspecified atom stereocenters. The van der Waals surface area contributed by atoms with Gasteiger partial charge in [-0.2, -0.15) is 0 Å². The van der Waals surface area contributed by atoms with Crippen LogP contribution in [0.4, 0.5) is 0 Å². The molecule has 3 aromatic heterocycles. The van der Waals surface area contributed by atoms with E-state index in [9.17, 15) is 0 Å². The largest absolute Gasteiger partial charge is 0.281 e. The van der Waals surface area contributed by atoms with E-state index < -0.39 is 0 Å². The van der Waals surface area contributed by atoms with E-state index in [-0.39, 0.29) is 0 Å². The lowest BCUT2D eigenvalue weighted by Gasteiger charge is -2.05. The van der Waals surface area contributed by atoms with Crippen LogP contribution >= 0.6 is 34.7 Å². The molecule has 0 saturated heterocycles. The van der Waals surface area contributed by atoms with E-state index in [1.54, 1.807) is 23.1 Å². The number of nitrogens with zero attached hydrogens (tertiary/aromatic N) is 4. The van der Waals surface area contributed by atoms with Gasteiger partial charge in [0, 0.05) is 17.3 Å². The molecule has 3 heterocycles. The first-order valence-electron chi connectivity index (χ1n) is 6.68. The average Bonchev–Trinajstić information content (AvgIpc) is 3.10. The molecule has 0 amide bonds. The standard InChI is InChI=1S/C15H11ClN4S2/c1-9-13(18-11-5-3-2-4-10(11)17-9)22-8-12-14-20(6-7-21-14)15(16)19-12/h2-7H,8H2,1H3. The number of hydrogen-bond acceptors (Lipinski definition) is 5. The van der Waals surface area contributed by atoms with Gasteiger partial charge in [0.15, 0.2) is 0 Å². The van der Waals surface area contributed by atoms with Gasteiger partial charge in [-0.05, 0) is 30.7 Å². The van der Waals surface area contributed by atoms with E-state index >= 15 is 0 Å². The molecular weight excluding hydrogens is 336 g/mol. The van der Waals surface area contributed by atoms with Crippen LogP contribution < -0.4 is 0 Å². The van der Waals surface area contributed by atoms with Crippen LogP contribution in [0, 0.1) is 6.92 Å². The minimum Gasteiger partial charge on any atom is -0.281 e. The Labute approximate surface area is 140 Å². The number of aromatic nitrogens is 4. The van der Waals surface area contributed by atoms with E-state index in [2.05, 4.69) is 9.97 Å². The van der Waals surface area contributed by atoms with E-state index in [1.807, 2.05) is 47.2 Å². The van der Waals surface area contributed by atoms with Gasteiger partial charge in [-0.15, -0.1) is 11.3 Å². The Morgan fingerprint density at radius 3 is 2.77 bits per heavy atom. The summed E-state index contributed by atoms with van der Waals surface area (Å²) in [6, 6.07) is 7.92. The Kier molecular flexibility index (Phi) is 3.52. The monoisotopic (exact) mass is 346 g/mol. The lowest BCUT2D eigenvalue weighted by atomic mass is 10.3. The van der Waals surface area contributed by atoms with Gasteiger partial charge in [-0.1, -0.05) is 23.9 Å². The maximum absolute atomic E-state index is 6.13. The van der Waals surface area contributed by atoms with E-state index in [0.29, 0.717) is 5.28 Å². The zero-order valence-electron chi connectivity index (χ0n) is 11.7. The van der Waals surface area contributed by atoms with Crippen LogP contribution in [0.2, 0.25) is 5.28 Å². The zero-order valence-corrected chi connectivity index (χ0v) is 14.0. The fourth-order valence-corrected chi connectivity index (χ4v) is 4.39. The Bertz CT molecular complexity index is 976. The van der Waals surface area contributed by atoms with Gasteiger partial charge in [0.1, 0.15) is 9.86 Å². The number of hydrogen-bond donors (Lipinski definition) is 0. The van der Waals surface area contributed by atoms with Crippen LogP contribution in [-0.4, -0.2) is 19.4 Å². The Hall–Kier alpha value is -1.63. The number of halogens is 1. The Morgan fingerprint density at radius 1 is 1.18 bits per heavy atom. The second kappa shape index (κ2) is 5.53. The van der Waals surface area contributed by atoms with Gasteiger partial charge in [-0.25, -0.2) is 15.0 Å². The molecule has 0 saturated carbocycles. The van der Waals surface area contributed by atoms with Crippen molar-refractivity contribution in [1.82, 2.24) is 19.4 Å². The molecule has 7 heteroatoms. The first-order valence-corrected chi connectivity index (χ1v) is 8.93. The Balaban J connectivity index is 1.66. The first kappa shape index (κ1) is 14.0. The van der Waals surface area contributed by atoms with E-state index in [1.165, 1.54) is 0 Å². The summed E-state index contributed by atoms with van der Waals surface area (Å²) in [6.07, 6.45) is 1.94. The summed E-state index contributed by atoms with van der Waals surface area (Å²) in [4.78, 5) is 14.8. The molecule has 0 aliphatic carbocycles. The molecule has 4 nitrogen and oxygen atoms in total. The molecular formula is C15H11ClN4S2. The highest BCUT2D eigenvalue weighted by atomic mass is 35.5. The fraction of sp³-hybridized carbons (Fsp3) is 0.133. The highest BCUT2D eigenvalue weighted by Crippen LogP contribution is 2.29. The summed E-state index contributed by atoms with van der Waals surface area (Å²) in [5, 5.41) is 3.46. The lowest BCUT2D eigenvalue weighted by Crippen LogP contribution is -1.93. The number of fused-ring (bicyclic) bond motifs is 2. The van der Waals surface area contributed by atoms with Gasteiger partial charge in [0.25, 0.3) is 0 Å². The molecule has 22 heavy (non-hydrogen) atoms. The lowest BCUT2D eigenvalue weighted by molar-refractivity contribution is 1.04. The summed E-state index contributed by atoms with van der Waals surface area (Å²) < 4.78 is 1.90. The SMILES string of the molecule is Cc1nc2ccccc2nc1SCc1nc(Cl)n2ccsc12. The molecule has 0 N–H and O–H groups in total. The van der Waals surface area contributed by atoms with Gasteiger partial charge in [0.05, 0.1) is 22.4 Å².